The standard InChI is InChI=1S/C13H11F2N3O4/c1-18-10(12(20)21)8(6-16-18)17-11(19)7-4-2-3-5-9(7)22-13(14)15/h2-6,13H,1H3,(H,17,19)(H,20,21). The number of carbonyl (C=O) groups excluding carboxylic acids is 1. The molecule has 0 saturated heterocycles. The summed E-state index contributed by atoms with van der Waals surface area (Å²) < 4.78 is 30.0. The van der Waals surface area contributed by atoms with E-state index >= 15 is 0 Å². The van der Waals surface area contributed by atoms with Gasteiger partial charge in [-0.2, -0.15) is 13.9 Å². The molecule has 7 nitrogen and oxygen atoms in total. The lowest BCUT2D eigenvalue weighted by atomic mass is 10.2. The summed E-state index contributed by atoms with van der Waals surface area (Å²) in [5.41, 5.74) is -0.435. The van der Waals surface area contributed by atoms with Crippen molar-refractivity contribution in [2.24, 2.45) is 7.05 Å². The van der Waals surface area contributed by atoms with Gasteiger partial charge in [-0.1, -0.05) is 12.1 Å². The Kier molecular flexibility index (Phi) is 4.35. The number of carboxylic acid groups (broad SMARTS) is 1. The first kappa shape index (κ1) is 15.4. The van der Waals surface area contributed by atoms with Crippen LogP contribution < -0.4 is 10.1 Å². The number of nitrogens with one attached hydrogen (secondary N) is 1. The molecule has 0 atom stereocenters. The number of nitrogens with zero attached hydrogens (tertiary/aromatic N) is 2. The van der Waals surface area contributed by atoms with E-state index in [0.29, 0.717) is 0 Å². The fraction of sp³-hybridized carbons (Fsp3) is 0.154. The van der Waals surface area contributed by atoms with Crippen LogP contribution >= 0.6 is 0 Å². The van der Waals surface area contributed by atoms with Crippen LogP contribution in [0.5, 0.6) is 5.75 Å². The SMILES string of the molecule is Cn1ncc(NC(=O)c2ccccc2OC(F)F)c1C(=O)O. The summed E-state index contributed by atoms with van der Waals surface area (Å²) in [4.78, 5) is 23.2. The summed E-state index contributed by atoms with van der Waals surface area (Å²) in [7, 11) is 1.40. The highest BCUT2D eigenvalue weighted by Gasteiger charge is 2.20. The van der Waals surface area contributed by atoms with Gasteiger partial charge in [-0.05, 0) is 12.1 Å². The summed E-state index contributed by atoms with van der Waals surface area (Å²) in [6.07, 6.45) is 1.15. The van der Waals surface area contributed by atoms with Crippen molar-refractivity contribution in [3.8, 4) is 5.75 Å². The molecule has 0 bridgehead atoms. The van der Waals surface area contributed by atoms with Crippen LogP contribution in [0.2, 0.25) is 0 Å². The summed E-state index contributed by atoms with van der Waals surface area (Å²) in [6.45, 7) is -3.08. The number of aromatic nitrogens is 2. The Bertz CT molecular complexity index is 715. The number of benzene rings is 1. The predicted octanol–water partition coefficient (Wildman–Crippen LogP) is 1.97. The molecule has 0 spiro atoms. The number of hydrogen-bond donors (Lipinski definition) is 2. The molecule has 0 unspecified atom stereocenters. The number of carboxylic acids is 1. The van der Waals surface area contributed by atoms with Gasteiger partial charge in [-0.3, -0.25) is 9.48 Å². The number of hydrogen-bond acceptors (Lipinski definition) is 4. The van der Waals surface area contributed by atoms with Crippen molar-refractivity contribution >= 4 is 17.6 Å². The number of anilines is 1. The maximum Gasteiger partial charge on any atom is 0.387 e. The highest BCUT2D eigenvalue weighted by molar-refractivity contribution is 6.08. The molecule has 2 N–H and O–H groups in total. The smallest absolute Gasteiger partial charge is 0.387 e. The fourth-order valence-corrected chi connectivity index (χ4v) is 1.83. The molecule has 0 fully saturated rings. The zero-order valence-electron chi connectivity index (χ0n) is 11.3. The van der Waals surface area contributed by atoms with Gasteiger partial charge in [0.15, 0.2) is 5.69 Å². The van der Waals surface area contributed by atoms with Gasteiger partial charge in [-0.25, -0.2) is 4.79 Å². The lowest BCUT2D eigenvalue weighted by Crippen LogP contribution is -2.17. The normalized spacial score (nSPS) is 10.5. The number of carbonyl (C=O) groups is 2. The summed E-state index contributed by atoms with van der Waals surface area (Å²) in [6, 6.07) is 5.39. The van der Waals surface area contributed by atoms with Gasteiger partial charge in [0.1, 0.15) is 5.75 Å². The first-order valence-corrected chi connectivity index (χ1v) is 6.00. The zero-order valence-corrected chi connectivity index (χ0v) is 11.3. The van der Waals surface area contributed by atoms with Crippen molar-refractivity contribution in [3.63, 3.8) is 0 Å². The lowest BCUT2D eigenvalue weighted by Gasteiger charge is -2.10. The van der Waals surface area contributed by atoms with E-state index in [1.165, 1.54) is 31.3 Å². The Balaban J connectivity index is 2.29. The van der Waals surface area contributed by atoms with Gasteiger partial charge < -0.3 is 15.2 Å². The Hall–Kier alpha value is -2.97. The molecule has 2 aromatic rings. The molecule has 0 radical (unpaired) electrons. The Labute approximate surface area is 123 Å². The molecule has 0 saturated carbocycles. The van der Waals surface area contributed by atoms with Crippen LogP contribution in [0, 0.1) is 0 Å². The van der Waals surface area contributed by atoms with Gasteiger partial charge in [0.25, 0.3) is 5.91 Å². The average molecular weight is 311 g/mol. The van der Waals surface area contributed by atoms with Gasteiger partial charge in [0.2, 0.25) is 0 Å². The lowest BCUT2D eigenvalue weighted by molar-refractivity contribution is -0.0501. The van der Waals surface area contributed by atoms with E-state index in [-0.39, 0.29) is 22.7 Å². The van der Waals surface area contributed by atoms with Crippen molar-refractivity contribution in [1.82, 2.24) is 9.78 Å². The van der Waals surface area contributed by atoms with Crippen LogP contribution in [-0.4, -0.2) is 33.4 Å². The monoisotopic (exact) mass is 311 g/mol. The Morgan fingerprint density at radius 2 is 2.05 bits per heavy atom. The van der Waals surface area contributed by atoms with Gasteiger partial charge >= 0.3 is 12.6 Å². The number of rotatable bonds is 5. The first-order valence-electron chi connectivity index (χ1n) is 6.00. The van der Waals surface area contributed by atoms with Crippen molar-refractivity contribution < 1.29 is 28.2 Å². The van der Waals surface area contributed by atoms with Crippen molar-refractivity contribution in [2.75, 3.05) is 5.32 Å². The maximum absolute atomic E-state index is 12.3. The number of aryl methyl sites for hydroxylation is 1. The van der Waals surface area contributed by atoms with E-state index in [2.05, 4.69) is 15.2 Å². The molecule has 22 heavy (non-hydrogen) atoms. The molecule has 0 aliphatic heterocycles. The molecule has 2 rings (SSSR count). The second-order valence-corrected chi connectivity index (χ2v) is 4.16. The topological polar surface area (TPSA) is 93.5 Å². The predicted molar refractivity (Wildman–Crippen MR) is 71.2 cm³/mol. The van der Waals surface area contributed by atoms with Crippen LogP contribution in [0.25, 0.3) is 0 Å². The zero-order chi connectivity index (χ0) is 16.3. The summed E-state index contributed by atoms with van der Waals surface area (Å²) in [5.74, 6) is -2.38. The maximum atomic E-state index is 12.3. The molecule has 9 heteroatoms. The highest BCUT2D eigenvalue weighted by atomic mass is 19.3. The van der Waals surface area contributed by atoms with E-state index in [0.717, 1.165) is 10.9 Å². The van der Waals surface area contributed by atoms with Gasteiger partial charge in [-0.15, -0.1) is 0 Å². The largest absolute Gasteiger partial charge is 0.476 e. The highest BCUT2D eigenvalue weighted by Crippen LogP contribution is 2.22. The van der Waals surface area contributed by atoms with E-state index in [1.807, 2.05) is 0 Å². The Morgan fingerprint density at radius 1 is 1.36 bits per heavy atom. The molecule has 1 aromatic carbocycles. The van der Waals surface area contributed by atoms with E-state index in [9.17, 15) is 18.4 Å². The van der Waals surface area contributed by atoms with Crippen LogP contribution in [-0.2, 0) is 7.05 Å². The number of alkyl halides is 2. The average Bonchev–Trinajstić information content (AvgIpc) is 2.79. The molecule has 1 heterocycles. The Morgan fingerprint density at radius 3 is 2.68 bits per heavy atom. The third-order valence-corrected chi connectivity index (χ3v) is 2.74. The number of halogens is 2. The van der Waals surface area contributed by atoms with E-state index in [4.69, 9.17) is 5.11 Å². The van der Waals surface area contributed by atoms with E-state index in [1.54, 1.807) is 0 Å². The van der Waals surface area contributed by atoms with Crippen LogP contribution in [0.4, 0.5) is 14.5 Å². The quantitative estimate of drug-likeness (QED) is 0.880. The molecule has 1 aromatic heterocycles. The van der Waals surface area contributed by atoms with Crippen LogP contribution in [0.15, 0.2) is 30.5 Å². The van der Waals surface area contributed by atoms with Crippen LogP contribution in [0.1, 0.15) is 20.8 Å². The van der Waals surface area contributed by atoms with Gasteiger partial charge in [0.05, 0.1) is 17.4 Å². The second kappa shape index (κ2) is 6.20. The van der Waals surface area contributed by atoms with Crippen molar-refractivity contribution in [3.05, 3.63) is 41.7 Å². The van der Waals surface area contributed by atoms with Crippen LogP contribution in [0.3, 0.4) is 0 Å². The molecule has 116 valence electrons. The number of aromatic carboxylic acids is 1. The molecular formula is C13H11F2N3O4. The van der Waals surface area contributed by atoms with Crippen molar-refractivity contribution in [2.45, 2.75) is 6.61 Å². The molecular weight excluding hydrogens is 300 g/mol. The minimum atomic E-state index is -3.08. The summed E-state index contributed by atoms with van der Waals surface area (Å²) >= 11 is 0. The fourth-order valence-electron chi connectivity index (χ4n) is 1.83. The number of ether oxygens (including phenoxy) is 1. The van der Waals surface area contributed by atoms with E-state index < -0.39 is 18.5 Å². The minimum absolute atomic E-state index is 0.0492. The third-order valence-electron chi connectivity index (χ3n) is 2.74. The third kappa shape index (κ3) is 3.19. The molecule has 0 aliphatic rings. The minimum Gasteiger partial charge on any atom is -0.476 e. The number of para-hydroxylation sites is 1. The first-order chi connectivity index (χ1) is 10.4. The molecule has 0 aliphatic carbocycles. The summed E-state index contributed by atoms with van der Waals surface area (Å²) in [5, 5.41) is 15.1. The van der Waals surface area contributed by atoms with Gasteiger partial charge in [0, 0.05) is 7.05 Å². The van der Waals surface area contributed by atoms with Crippen molar-refractivity contribution in [1.29, 1.82) is 0 Å². The molecule has 1 amide bonds. The number of amides is 1. The second-order valence-electron chi connectivity index (χ2n) is 4.16.